The first kappa shape index (κ1) is 19.2. The van der Waals surface area contributed by atoms with Gasteiger partial charge in [0.1, 0.15) is 9.88 Å². The highest BCUT2D eigenvalue weighted by Gasteiger charge is 2.37. The smallest absolute Gasteiger partial charge is 0.416 e. The first-order valence-electron chi connectivity index (χ1n) is 6.88. The van der Waals surface area contributed by atoms with E-state index in [0.29, 0.717) is 23.5 Å². The molecule has 1 aromatic carbocycles. The molecule has 0 aliphatic carbocycles. The van der Waals surface area contributed by atoms with E-state index in [1.54, 1.807) is 6.92 Å². The fourth-order valence-electron chi connectivity index (χ4n) is 1.98. The van der Waals surface area contributed by atoms with Gasteiger partial charge in [-0.2, -0.15) is 26.3 Å². The van der Waals surface area contributed by atoms with Gasteiger partial charge in [-0.15, -0.1) is 11.3 Å². The summed E-state index contributed by atoms with van der Waals surface area (Å²) in [6.45, 7) is 3.06. The van der Waals surface area contributed by atoms with Crippen molar-refractivity contribution in [1.29, 1.82) is 0 Å². The van der Waals surface area contributed by atoms with Crippen molar-refractivity contribution >= 4 is 17.3 Å². The molecule has 2 rings (SSSR count). The van der Waals surface area contributed by atoms with Gasteiger partial charge in [0.15, 0.2) is 0 Å². The SMILES string of the molecule is CCOC(=O)c1sc(-c2cc(C(F)(F)F)cc(C(F)(F)F)c2)nc1C. The van der Waals surface area contributed by atoms with Gasteiger partial charge in [-0.25, -0.2) is 9.78 Å². The lowest BCUT2D eigenvalue weighted by molar-refractivity contribution is -0.143. The molecule has 0 spiro atoms. The number of ether oxygens (including phenoxy) is 1. The molecule has 0 fully saturated rings. The van der Waals surface area contributed by atoms with Crippen LogP contribution in [0.1, 0.15) is 33.4 Å². The molecule has 0 radical (unpaired) electrons. The predicted molar refractivity (Wildman–Crippen MR) is 78.2 cm³/mol. The van der Waals surface area contributed by atoms with E-state index in [2.05, 4.69) is 4.98 Å². The molecule has 2 aromatic rings. The van der Waals surface area contributed by atoms with Crippen molar-refractivity contribution in [2.24, 2.45) is 0 Å². The van der Waals surface area contributed by atoms with Crippen molar-refractivity contribution in [3.05, 3.63) is 39.9 Å². The molecule has 0 bridgehead atoms. The zero-order valence-electron chi connectivity index (χ0n) is 12.9. The van der Waals surface area contributed by atoms with Crippen molar-refractivity contribution in [2.45, 2.75) is 26.2 Å². The molecule has 0 aliphatic rings. The Bertz CT molecular complexity index is 762. The summed E-state index contributed by atoms with van der Waals surface area (Å²) in [7, 11) is 0. The van der Waals surface area contributed by atoms with Crippen LogP contribution in [0.15, 0.2) is 18.2 Å². The van der Waals surface area contributed by atoms with Crippen LogP contribution in [-0.2, 0) is 17.1 Å². The maximum Gasteiger partial charge on any atom is 0.416 e. The molecular formula is C15H11F6NO2S. The zero-order chi connectivity index (χ0) is 19.0. The summed E-state index contributed by atoms with van der Waals surface area (Å²) in [6.07, 6.45) is -9.90. The van der Waals surface area contributed by atoms with E-state index in [9.17, 15) is 31.1 Å². The summed E-state index contributed by atoms with van der Waals surface area (Å²) in [5, 5.41) is -0.128. The Morgan fingerprint density at radius 2 is 1.60 bits per heavy atom. The highest BCUT2D eigenvalue weighted by molar-refractivity contribution is 7.17. The van der Waals surface area contributed by atoms with Crippen molar-refractivity contribution < 1.29 is 35.9 Å². The molecule has 0 N–H and O–H groups in total. The third-order valence-electron chi connectivity index (χ3n) is 3.09. The predicted octanol–water partition coefficient (Wildman–Crippen LogP) is 5.33. The Balaban J connectivity index is 2.59. The molecule has 3 nitrogen and oxygen atoms in total. The van der Waals surface area contributed by atoms with E-state index in [1.807, 2.05) is 0 Å². The number of rotatable bonds is 3. The maximum atomic E-state index is 12.9. The van der Waals surface area contributed by atoms with Crippen LogP contribution in [0.2, 0.25) is 0 Å². The molecule has 136 valence electrons. The minimum absolute atomic E-state index is 0.0304. The van der Waals surface area contributed by atoms with Crippen LogP contribution in [0, 0.1) is 6.92 Å². The van der Waals surface area contributed by atoms with Crippen molar-refractivity contribution in [2.75, 3.05) is 6.61 Å². The third kappa shape index (κ3) is 4.30. The Kier molecular flexibility index (Phi) is 5.12. The van der Waals surface area contributed by atoms with Gasteiger partial charge in [0.05, 0.1) is 23.4 Å². The summed E-state index contributed by atoms with van der Waals surface area (Å²) in [5.41, 5.74) is -3.08. The van der Waals surface area contributed by atoms with Gasteiger partial charge in [-0.05, 0) is 32.0 Å². The number of alkyl halides is 6. The summed E-state index contributed by atoms with van der Waals surface area (Å²) in [4.78, 5) is 15.7. The van der Waals surface area contributed by atoms with Crippen molar-refractivity contribution in [3.63, 3.8) is 0 Å². The van der Waals surface area contributed by atoms with E-state index in [-0.39, 0.29) is 33.8 Å². The Hall–Kier alpha value is -2.10. The minimum Gasteiger partial charge on any atom is -0.462 e. The number of halogens is 6. The number of hydrogen-bond acceptors (Lipinski definition) is 4. The van der Waals surface area contributed by atoms with E-state index in [4.69, 9.17) is 4.74 Å². The lowest BCUT2D eigenvalue weighted by Crippen LogP contribution is -2.11. The number of nitrogens with zero attached hydrogens (tertiary/aromatic N) is 1. The normalized spacial score (nSPS) is 12.3. The number of aryl methyl sites for hydroxylation is 1. The zero-order valence-corrected chi connectivity index (χ0v) is 13.7. The van der Waals surface area contributed by atoms with Crippen LogP contribution < -0.4 is 0 Å². The Morgan fingerprint density at radius 3 is 2.04 bits per heavy atom. The minimum atomic E-state index is -4.95. The molecule has 0 unspecified atom stereocenters. The molecule has 0 saturated carbocycles. The number of hydrogen-bond donors (Lipinski definition) is 0. The standard InChI is InChI=1S/C15H11F6NO2S/c1-3-24-13(23)11-7(2)22-12(25-11)8-4-9(14(16,17)18)6-10(5-8)15(19,20)21/h4-6H,3H2,1-2H3. The molecule has 10 heteroatoms. The first-order valence-corrected chi connectivity index (χ1v) is 7.69. The highest BCUT2D eigenvalue weighted by atomic mass is 32.1. The topological polar surface area (TPSA) is 39.2 Å². The van der Waals surface area contributed by atoms with Crippen LogP contribution in [-0.4, -0.2) is 17.6 Å². The summed E-state index contributed by atoms with van der Waals surface area (Å²) >= 11 is 0.679. The van der Waals surface area contributed by atoms with Gasteiger partial charge in [-0.3, -0.25) is 0 Å². The molecule has 25 heavy (non-hydrogen) atoms. The molecule has 0 atom stereocenters. The largest absolute Gasteiger partial charge is 0.462 e. The molecule has 1 aromatic heterocycles. The second-order valence-electron chi connectivity index (χ2n) is 4.95. The van der Waals surface area contributed by atoms with Gasteiger partial charge >= 0.3 is 18.3 Å². The average Bonchev–Trinajstić information content (AvgIpc) is 2.87. The van der Waals surface area contributed by atoms with Gasteiger partial charge in [0, 0.05) is 5.56 Å². The van der Waals surface area contributed by atoms with E-state index >= 15 is 0 Å². The Labute approximate surface area is 142 Å². The van der Waals surface area contributed by atoms with Gasteiger partial charge < -0.3 is 4.74 Å². The summed E-state index contributed by atoms with van der Waals surface area (Å²) < 4.78 is 82.2. The van der Waals surface area contributed by atoms with E-state index in [1.165, 1.54) is 6.92 Å². The molecular weight excluding hydrogens is 372 g/mol. The fraction of sp³-hybridized carbons (Fsp3) is 0.333. The van der Waals surface area contributed by atoms with Gasteiger partial charge in [0.25, 0.3) is 0 Å². The maximum absolute atomic E-state index is 12.9. The number of esters is 1. The lowest BCUT2D eigenvalue weighted by atomic mass is 10.1. The second-order valence-corrected chi connectivity index (χ2v) is 5.95. The summed E-state index contributed by atoms with van der Waals surface area (Å²) in [5.74, 6) is -0.730. The van der Waals surface area contributed by atoms with E-state index < -0.39 is 29.4 Å². The van der Waals surface area contributed by atoms with Crippen LogP contribution in [0.4, 0.5) is 26.3 Å². The third-order valence-corrected chi connectivity index (χ3v) is 4.28. The van der Waals surface area contributed by atoms with Crippen LogP contribution >= 0.6 is 11.3 Å². The van der Waals surface area contributed by atoms with Crippen LogP contribution in [0.5, 0.6) is 0 Å². The van der Waals surface area contributed by atoms with Crippen molar-refractivity contribution in [1.82, 2.24) is 4.98 Å². The second kappa shape index (κ2) is 6.66. The Morgan fingerprint density at radius 1 is 1.08 bits per heavy atom. The highest BCUT2D eigenvalue weighted by Crippen LogP contribution is 2.39. The number of aromatic nitrogens is 1. The number of thiazole rings is 1. The fourth-order valence-corrected chi connectivity index (χ4v) is 2.93. The first-order chi connectivity index (χ1) is 11.4. The monoisotopic (exact) mass is 383 g/mol. The average molecular weight is 383 g/mol. The van der Waals surface area contributed by atoms with Crippen LogP contribution in [0.3, 0.4) is 0 Å². The van der Waals surface area contributed by atoms with E-state index in [0.717, 1.165) is 0 Å². The van der Waals surface area contributed by atoms with Gasteiger partial charge in [-0.1, -0.05) is 0 Å². The molecule has 0 amide bonds. The number of benzene rings is 1. The summed E-state index contributed by atoms with van der Waals surface area (Å²) in [6, 6.07) is 1.18. The molecule has 0 saturated heterocycles. The number of carbonyl (C=O) groups is 1. The molecule has 1 heterocycles. The quantitative estimate of drug-likeness (QED) is 0.531. The molecule has 0 aliphatic heterocycles. The lowest BCUT2D eigenvalue weighted by Gasteiger charge is -2.13. The van der Waals surface area contributed by atoms with Gasteiger partial charge in [0.2, 0.25) is 0 Å². The van der Waals surface area contributed by atoms with Crippen LogP contribution in [0.25, 0.3) is 10.6 Å². The number of carbonyl (C=O) groups excluding carboxylic acids is 1. The van der Waals surface area contributed by atoms with Crippen molar-refractivity contribution in [3.8, 4) is 10.6 Å².